The van der Waals surface area contributed by atoms with Crippen LogP contribution in [0.3, 0.4) is 0 Å². The summed E-state index contributed by atoms with van der Waals surface area (Å²) < 4.78 is 42.6. The minimum Gasteiger partial charge on any atom is -0.465 e. The molecular formula is C20H17F3N4O3S. The maximum Gasteiger partial charge on any atom is 0.451 e. The van der Waals surface area contributed by atoms with Crippen molar-refractivity contribution >= 4 is 23.2 Å². The molecule has 0 saturated heterocycles. The van der Waals surface area contributed by atoms with E-state index in [-0.39, 0.29) is 11.1 Å². The summed E-state index contributed by atoms with van der Waals surface area (Å²) in [4.78, 5) is 36.7. The molecule has 1 N–H and O–H groups in total. The number of hydrogen-bond donors (Lipinski definition) is 1. The van der Waals surface area contributed by atoms with Gasteiger partial charge in [0.25, 0.3) is 5.91 Å². The lowest BCUT2D eigenvalue weighted by molar-refractivity contribution is -0.145. The number of rotatable bonds is 5. The summed E-state index contributed by atoms with van der Waals surface area (Å²) in [5, 5.41) is 3.30. The fourth-order valence-electron chi connectivity index (χ4n) is 2.68. The van der Waals surface area contributed by atoms with Crippen molar-refractivity contribution in [3.05, 3.63) is 64.2 Å². The van der Waals surface area contributed by atoms with Crippen molar-refractivity contribution in [2.75, 3.05) is 7.11 Å². The maximum absolute atomic E-state index is 12.8. The van der Waals surface area contributed by atoms with E-state index in [0.717, 1.165) is 17.3 Å². The molecule has 3 rings (SSSR count). The molecule has 1 unspecified atom stereocenters. The molecule has 2 aromatic heterocycles. The Morgan fingerprint density at radius 1 is 1.06 bits per heavy atom. The summed E-state index contributed by atoms with van der Waals surface area (Å²) in [6.07, 6.45) is -0.952. The highest BCUT2D eigenvalue weighted by molar-refractivity contribution is 7.14. The number of halogens is 3. The molecule has 0 fully saturated rings. The Balaban J connectivity index is 1.87. The van der Waals surface area contributed by atoms with E-state index in [1.165, 1.54) is 24.5 Å². The minimum atomic E-state index is -4.65. The van der Waals surface area contributed by atoms with Crippen LogP contribution in [-0.4, -0.2) is 33.9 Å². The second kappa shape index (κ2) is 8.80. The summed E-state index contributed by atoms with van der Waals surface area (Å²) in [7, 11) is 1.23. The number of aromatic nitrogens is 3. The lowest BCUT2D eigenvalue weighted by Gasteiger charge is -2.15. The lowest BCUT2D eigenvalue weighted by Crippen LogP contribution is -2.27. The van der Waals surface area contributed by atoms with Gasteiger partial charge in [-0.3, -0.25) is 4.79 Å². The average molecular weight is 450 g/mol. The van der Waals surface area contributed by atoms with Crippen LogP contribution in [0, 0.1) is 6.92 Å². The Kier molecular flexibility index (Phi) is 6.34. The van der Waals surface area contributed by atoms with E-state index < -0.39 is 29.9 Å². The first-order valence-corrected chi connectivity index (χ1v) is 9.76. The van der Waals surface area contributed by atoms with Crippen LogP contribution >= 0.6 is 11.3 Å². The number of hydrogen-bond acceptors (Lipinski definition) is 7. The van der Waals surface area contributed by atoms with Crippen LogP contribution in [0.5, 0.6) is 0 Å². The molecule has 11 heteroatoms. The Morgan fingerprint density at radius 3 is 2.26 bits per heavy atom. The first kappa shape index (κ1) is 22.3. The predicted molar refractivity (Wildman–Crippen MR) is 107 cm³/mol. The number of nitrogens with one attached hydrogen (secondary N) is 1. The number of carbonyl (C=O) groups excluding carboxylic acids is 2. The fourth-order valence-corrected chi connectivity index (χ4v) is 3.43. The molecule has 0 aliphatic rings. The van der Waals surface area contributed by atoms with Gasteiger partial charge in [0, 0.05) is 40.2 Å². The number of alkyl halides is 3. The minimum absolute atomic E-state index is 0.170. The normalized spacial score (nSPS) is 12.3. The number of esters is 1. The van der Waals surface area contributed by atoms with Crippen molar-refractivity contribution in [3.8, 4) is 10.6 Å². The molecule has 31 heavy (non-hydrogen) atoms. The molecule has 0 saturated carbocycles. The monoisotopic (exact) mass is 450 g/mol. The number of benzene rings is 1. The van der Waals surface area contributed by atoms with E-state index >= 15 is 0 Å². The molecule has 1 amide bonds. The van der Waals surface area contributed by atoms with Gasteiger partial charge in [0.1, 0.15) is 5.01 Å². The van der Waals surface area contributed by atoms with Gasteiger partial charge in [-0.2, -0.15) is 13.2 Å². The average Bonchev–Trinajstić information content (AvgIpc) is 3.18. The number of nitrogens with zero attached hydrogens (tertiary/aromatic N) is 3. The number of methoxy groups -OCH3 is 1. The highest BCUT2D eigenvalue weighted by atomic mass is 32.1. The molecule has 1 atom stereocenters. The number of carbonyl (C=O) groups is 2. The molecule has 7 nitrogen and oxygen atoms in total. The van der Waals surface area contributed by atoms with Crippen LogP contribution in [0.1, 0.15) is 49.9 Å². The zero-order chi connectivity index (χ0) is 22.8. The number of aryl methyl sites for hydroxylation is 1. The van der Waals surface area contributed by atoms with Crippen molar-refractivity contribution in [1.29, 1.82) is 0 Å². The first-order chi connectivity index (χ1) is 14.6. The van der Waals surface area contributed by atoms with Gasteiger partial charge in [-0.25, -0.2) is 19.7 Å². The second-order valence-electron chi connectivity index (χ2n) is 6.60. The highest BCUT2D eigenvalue weighted by Gasteiger charge is 2.34. The fraction of sp³-hybridized carbons (Fsp3) is 0.250. The van der Waals surface area contributed by atoms with Crippen LogP contribution in [0.4, 0.5) is 13.2 Å². The smallest absolute Gasteiger partial charge is 0.451 e. The first-order valence-electron chi connectivity index (χ1n) is 8.94. The van der Waals surface area contributed by atoms with Crippen LogP contribution in [0.15, 0.2) is 36.8 Å². The van der Waals surface area contributed by atoms with E-state index in [1.807, 2.05) is 6.92 Å². The number of amides is 1. The zero-order valence-electron chi connectivity index (χ0n) is 16.6. The molecule has 3 aromatic rings. The maximum atomic E-state index is 12.8. The van der Waals surface area contributed by atoms with Gasteiger partial charge >= 0.3 is 12.1 Å². The SMILES string of the molecule is COC(=O)c1cc(C(=O)NC(C)c2cnc(C(F)(F)F)nc2)cc(-c2ncc(C)s2)c1. The van der Waals surface area contributed by atoms with Gasteiger partial charge < -0.3 is 10.1 Å². The summed E-state index contributed by atoms with van der Waals surface area (Å²) in [5.74, 6) is -2.41. The summed E-state index contributed by atoms with van der Waals surface area (Å²) >= 11 is 1.40. The molecule has 0 spiro atoms. The molecule has 0 bridgehead atoms. The van der Waals surface area contributed by atoms with Crippen molar-refractivity contribution in [2.24, 2.45) is 0 Å². The number of thiazole rings is 1. The van der Waals surface area contributed by atoms with E-state index in [2.05, 4.69) is 20.3 Å². The van der Waals surface area contributed by atoms with Crippen molar-refractivity contribution < 1.29 is 27.5 Å². The lowest BCUT2D eigenvalue weighted by atomic mass is 10.0. The largest absolute Gasteiger partial charge is 0.465 e. The van der Waals surface area contributed by atoms with E-state index in [1.54, 1.807) is 25.3 Å². The Morgan fingerprint density at radius 2 is 1.71 bits per heavy atom. The van der Waals surface area contributed by atoms with Gasteiger partial charge in [0.2, 0.25) is 5.82 Å². The van der Waals surface area contributed by atoms with Crippen LogP contribution in [-0.2, 0) is 10.9 Å². The van der Waals surface area contributed by atoms with Crippen molar-refractivity contribution in [1.82, 2.24) is 20.3 Å². The zero-order valence-corrected chi connectivity index (χ0v) is 17.5. The Hall–Kier alpha value is -3.34. The van der Waals surface area contributed by atoms with Gasteiger partial charge in [-0.05, 0) is 32.0 Å². The quantitative estimate of drug-likeness (QED) is 0.586. The molecule has 0 aliphatic heterocycles. The van der Waals surface area contributed by atoms with E-state index in [4.69, 9.17) is 4.74 Å². The van der Waals surface area contributed by atoms with E-state index in [0.29, 0.717) is 16.1 Å². The Labute approximate surface area is 179 Å². The third-order valence-electron chi connectivity index (χ3n) is 4.26. The molecule has 0 aliphatic carbocycles. The number of ether oxygens (including phenoxy) is 1. The van der Waals surface area contributed by atoms with Crippen LogP contribution < -0.4 is 5.32 Å². The van der Waals surface area contributed by atoms with E-state index in [9.17, 15) is 22.8 Å². The predicted octanol–water partition coefficient (Wildman–Crippen LogP) is 4.20. The van der Waals surface area contributed by atoms with Crippen LogP contribution in [0.25, 0.3) is 10.6 Å². The highest BCUT2D eigenvalue weighted by Crippen LogP contribution is 2.28. The van der Waals surface area contributed by atoms with Gasteiger partial charge in [-0.15, -0.1) is 11.3 Å². The van der Waals surface area contributed by atoms with Gasteiger partial charge in [-0.1, -0.05) is 0 Å². The van der Waals surface area contributed by atoms with Crippen molar-refractivity contribution in [2.45, 2.75) is 26.1 Å². The van der Waals surface area contributed by atoms with Crippen molar-refractivity contribution in [3.63, 3.8) is 0 Å². The molecule has 1 aromatic carbocycles. The Bertz CT molecular complexity index is 1110. The molecule has 0 radical (unpaired) electrons. The summed E-state index contributed by atoms with van der Waals surface area (Å²) in [6, 6.07) is 3.85. The second-order valence-corrected chi connectivity index (χ2v) is 7.83. The summed E-state index contributed by atoms with van der Waals surface area (Å²) in [6.45, 7) is 3.46. The molecule has 162 valence electrons. The van der Waals surface area contributed by atoms with Crippen LogP contribution in [0.2, 0.25) is 0 Å². The van der Waals surface area contributed by atoms with Gasteiger partial charge in [0.15, 0.2) is 0 Å². The summed E-state index contributed by atoms with van der Waals surface area (Å²) in [5.41, 5.74) is 1.20. The third-order valence-corrected chi connectivity index (χ3v) is 5.22. The van der Waals surface area contributed by atoms with Gasteiger partial charge in [0.05, 0.1) is 18.7 Å². The molecular weight excluding hydrogens is 433 g/mol. The third kappa shape index (κ3) is 5.23. The standard InChI is InChI=1S/C20H17F3N4O3S/c1-10-7-24-17(31-10)13-4-12(5-14(6-13)18(29)30-3)16(28)27-11(2)15-8-25-19(26-9-15)20(21,22)23/h4-9,11H,1-3H3,(H,27,28). The topological polar surface area (TPSA) is 94.1 Å². The molecule has 2 heterocycles.